The van der Waals surface area contributed by atoms with Crippen molar-refractivity contribution in [1.82, 2.24) is 5.32 Å². The number of hydrogen-bond acceptors (Lipinski definition) is 3. The quantitative estimate of drug-likeness (QED) is 0.732. The number of carboxylic acids is 1. The third-order valence-corrected chi connectivity index (χ3v) is 4.09. The highest BCUT2D eigenvalue weighted by Gasteiger charge is 2.32. The molecule has 5 nitrogen and oxygen atoms in total. The van der Waals surface area contributed by atoms with Gasteiger partial charge < -0.3 is 15.2 Å². The van der Waals surface area contributed by atoms with E-state index < -0.39 is 5.97 Å². The van der Waals surface area contributed by atoms with Gasteiger partial charge in [0.1, 0.15) is 6.61 Å². The van der Waals surface area contributed by atoms with E-state index >= 15 is 0 Å². The van der Waals surface area contributed by atoms with E-state index in [-0.39, 0.29) is 25.0 Å². The standard InChI is InChI=1S/C15H27NO4/c1-15(2,3)12-6-4-11(5-7-12)14(19)16-8-9-20-10-13(17)18/h11-12H,4-10H2,1-3H3,(H,16,19)(H,17,18). The van der Waals surface area contributed by atoms with E-state index in [1.807, 2.05) is 0 Å². The molecule has 0 bridgehead atoms. The maximum Gasteiger partial charge on any atom is 0.329 e. The SMILES string of the molecule is CC(C)(C)C1CCC(C(=O)NCCOCC(=O)O)CC1. The Morgan fingerprint density at radius 3 is 2.30 bits per heavy atom. The number of rotatable bonds is 6. The van der Waals surface area contributed by atoms with Crippen molar-refractivity contribution in [1.29, 1.82) is 0 Å². The van der Waals surface area contributed by atoms with E-state index in [9.17, 15) is 9.59 Å². The first kappa shape index (κ1) is 17.0. The van der Waals surface area contributed by atoms with E-state index in [1.54, 1.807) is 0 Å². The fourth-order valence-electron chi connectivity index (χ4n) is 2.77. The number of carboxylic acid groups (broad SMARTS) is 1. The van der Waals surface area contributed by atoms with Crippen molar-refractivity contribution >= 4 is 11.9 Å². The van der Waals surface area contributed by atoms with Gasteiger partial charge in [0.15, 0.2) is 0 Å². The molecule has 0 atom stereocenters. The predicted octanol–water partition coefficient (Wildman–Crippen LogP) is 2.06. The largest absolute Gasteiger partial charge is 0.480 e. The van der Waals surface area contributed by atoms with Crippen LogP contribution in [0.1, 0.15) is 46.5 Å². The summed E-state index contributed by atoms with van der Waals surface area (Å²) in [6.07, 6.45) is 4.11. The van der Waals surface area contributed by atoms with Crippen LogP contribution in [0.5, 0.6) is 0 Å². The van der Waals surface area contributed by atoms with Gasteiger partial charge in [0.05, 0.1) is 6.61 Å². The third-order valence-electron chi connectivity index (χ3n) is 4.09. The Balaban J connectivity index is 2.18. The summed E-state index contributed by atoms with van der Waals surface area (Å²) in [7, 11) is 0. The summed E-state index contributed by atoms with van der Waals surface area (Å²) in [6.45, 7) is 7.10. The zero-order chi connectivity index (χ0) is 15.2. The van der Waals surface area contributed by atoms with Crippen LogP contribution in [0.25, 0.3) is 0 Å². The van der Waals surface area contributed by atoms with Crippen LogP contribution in [0.4, 0.5) is 0 Å². The van der Waals surface area contributed by atoms with Crippen LogP contribution in [0.15, 0.2) is 0 Å². The van der Waals surface area contributed by atoms with Crippen molar-refractivity contribution in [2.75, 3.05) is 19.8 Å². The van der Waals surface area contributed by atoms with Gasteiger partial charge in [-0.15, -0.1) is 0 Å². The minimum Gasteiger partial charge on any atom is -0.480 e. The molecular formula is C15H27NO4. The van der Waals surface area contributed by atoms with Gasteiger partial charge in [0, 0.05) is 12.5 Å². The van der Waals surface area contributed by atoms with Crippen LogP contribution in [-0.2, 0) is 14.3 Å². The van der Waals surface area contributed by atoms with Crippen LogP contribution in [-0.4, -0.2) is 36.7 Å². The first-order valence-electron chi connectivity index (χ1n) is 7.38. The van der Waals surface area contributed by atoms with E-state index in [2.05, 4.69) is 26.1 Å². The molecule has 0 unspecified atom stereocenters. The maximum atomic E-state index is 12.0. The Hall–Kier alpha value is -1.10. The van der Waals surface area contributed by atoms with Gasteiger partial charge in [-0.3, -0.25) is 4.79 Å². The molecule has 0 aliphatic heterocycles. The van der Waals surface area contributed by atoms with Crippen molar-refractivity contribution in [2.45, 2.75) is 46.5 Å². The summed E-state index contributed by atoms with van der Waals surface area (Å²) in [5, 5.41) is 11.2. The summed E-state index contributed by atoms with van der Waals surface area (Å²) in [4.78, 5) is 22.2. The monoisotopic (exact) mass is 285 g/mol. The lowest BCUT2D eigenvalue weighted by Crippen LogP contribution is -2.36. The average molecular weight is 285 g/mol. The number of carbonyl (C=O) groups is 2. The maximum absolute atomic E-state index is 12.0. The molecule has 0 radical (unpaired) electrons. The lowest BCUT2D eigenvalue weighted by molar-refractivity contribution is -0.142. The molecule has 116 valence electrons. The van der Waals surface area contributed by atoms with Crippen molar-refractivity contribution in [2.24, 2.45) is 17.3 Å². The van der Waals surface area contributed by atoms with Crippen LogP contribution in [0, 0.1) is 17.3 Å². The smallest absolute Gasteiger partial charge is 0.329 e. The molecule has 1 amide bonds. The molecular weight excluding hydrogens is 258 g/mol. The van der Waals surface area contributed by atoms with Crippen LogP contribution in [0.3, 0.4) is 0 Å². The number of nitrogens with one attached hydrogen (secondary N) is 1. The normalized spacial score (nSPS) is 23.4. The Bertz CT molecular complexity index is 327. The highest BCUT2D eigenvalue weighted by atomic mass is 16.5. The molecule has 1 fully saturated rings. The third kappa shape index (κ3) is 5.90. The Labute approximate surface area is 121 Å². The molecule has 0 aromatic carbocycles. The summed E-state index contributed by atoms with van der Waals surface area (Å²) in [5.74, 6) is -0.105. The molecule has 20 heavy (non-hydrogen) atoms. The molecule has 1 aliphatic rings. The summed E-state index contributed by atoms with van der Waals surface area (Å²) in [6, 6.07) is 0. The van der Waals surface area contributed by atoms with Crippen LogP contribution in [0.2, 0.25) is 0 Å². The second-order valence-corrected chi connectivity index (χ2v) is 6.65. The fraction of sp³-hybridized carbons (Fsp3) is 0.867. The van der Waals surface area contributed by atoms with Gasteiger partial charge in [-0.25, -0.2) is 4.79 Å². The summed E-state index contributed by atoms with van der Waals surface area (Å²) >= 11 is 0. The van der Waals surface area contributed by atoms with E-state index in [0.29, 0.717) is 17.9 Å². The van der Waals surface area contributed by atoms with Gasteiger partial charge >= 0.3 is 5.97 Å². The van der Waals surface area contributed by atoms with Crippen molar-refractivity contribution in [3.8, 4) is 0 Å². The minimum atomic E-state index is -0.989. The Kier molecular flexibility index (Phi) is 6.46. The molecule has 0 aromatic rings. The molecule has 0 spiro atoms. The number of hydrogen-bond donors (Lipinski definition) is 2. The van der Waals surface area contributed by atoms with Gasteiger partial charge in [0.2, 0.25) is 5.91 Å². The zero-order valence-electron chi connectivity index (χ0n) is 12.8. The first-order valence-corrected chi connectivity index (χ1v) is 7.38. The number of carbonyl (C=O) groups excluding carboxylic acids is 1. The molecule has 1 rings (SSSR count). The molecule has 1 aliphatic carbocycles. The predicted molar refractivity (Wildman–Crippen MR) is 76.4 cm³/mol. The molecule has 5 heteroatoms. The Morgan fingerprint density at radius 1 is 1.20 bits per heavy atom. The summed E-state index contributed by atoms with van der Waals surface area (Å²) < 4.78 is 4.88. The number of amides is 1. The lowest BCUT2D eigenvalue weighted by atomic mass is 9.70. The number of ether oxygens (including phenoxy) is 1. The van der Waals surface area contributed by atoms with Gasteiger partial charge in [-0.1, -0.05) is 20.8 Å². The second-order valence-electron chi connectivity index (χ2n) is 6.65. The average Bonchev–Trinajstić information content (AvgIpc) is 2.37. The van der Waals surface area contributed by atoms with Crippen LogP contribution < -0.4 is 5.32 Å². The van der Waals surface area contributed by atoms with E-state index in [1.165, 1.54) is 0 Å². The second kappa shape index (κ2) is 7.62. The van der Waals surface area contributed by atoms with E-state index in [4.69, 9.17) is 9.84 Å². The molecule has 1 saturated carbocycles. The highest BCUT2D eigenvalue weighted by molar-refractivity contribution is 5.78. The van der Waals surface area contributed by atoms with Crippen molar-refractivity contribution in [3.05, 3.63) is 0 Å². The Morgan fingerprint density at radius 2 is 1.80 bits per heavy atom. The van der Waals surface area contributed by atoms with Gasteiger partial charge in [-0.05, 0) is 37.0 Å². The molecule has 0 aromatic heterocycles. The van der Waals surface area contributed by atoms with Crippen molar-refractivity contribution < 1.29 is 19.4 Å². The van der Waals surface area contributed by atoms with Gasteiger partial charge in [-0.2, -0.15) is 0 Å². The highest BCUT2D eigenvalue weighted by Crippen LogP contribution is 2.39. The first-order chi connectivity index (χ1) is 9.30. The number of aliphatic carboxylic acids is 1. The van der Waals surface area contributed by atoms with Gasteiger partial charge in [0.25, 0.3) is 0 Å². The summed E-state index contributed by atoms with van der Waals surface area (Å²) in [5.41, 5.74) is 0.326. The van der Waals surface area contributed by atoms with Crippen molar-refractivity contribution in [3.63, 3.8) is 0 Å². The fourth-order valence-corrected chi connectivity index (χ4v) is 2.77. The van der Waals surface area contributed by atoms with Crippen LogP contribution >= 0.6 is 0 Å². The zero-order valence-corrected chi connectivity index (χ0v) is 12.8. The topological polar surface area (TPSA) is 75.6 Å². The molecule has 2 N–H and O–H groups in total. The molecule has 0 heterocycles. The molecule has 0 saturated heterocycles. The minimum absolute atomic E-state index is 0.0799. The van der Waals surface area contributed by atoms with E-state index in [0.717, 1.165) is 25.7 Å². The lowest BCUT2D eigenvalue weighted by Gasteiger charge is -2.36.